The lowest BCUT2D eigenvalue weighted by Gasteiger charge is -2.40. The number of Topliss-reactive ketones (excluding diaryl/α,β-unsaturated/α-hetero) is 1. The molecule has 2 rings (SSSR count). The van der Waals surface area contributed by atoms with E-state index in [1.54, 1.807) is 0 Å². The van der Waals surface area contributed by atoms with Gasteiger partial charge in [0.1, 0.15) is 5.78 Å². The summed E-state index contributed by atoms with van der Waals surface area (Å²) in [7, 11) is 4.13. The van der Waals surface area contributed by atoms with Crippen molar-refractivity contribution in [3.8, 4) is 0 Å². The van der Waals surface area contributed by atoms with Gasteiger partial charge in [0, 0.05) is 13.0 Å². The van der Waals surface area contributed by atoms with Gasteiger partial charge in [-0.05, 0) is 31.1 Å². The molecule has 0 aliphatic rings. The van der Waals surface area contributed by atoms with Gasteiger partial charge < -0.3 is 4.90 Å². The van der Waals surface area contributed by atoms with Gasteiger partial charge in [0.2, 0.25) is 0 Å². The molecule has 24 heavy (non-hydrogen) atoms. The van der Waals surface area contributed by atoms with Crippen LogP contribution < -0.4 is 0 Å². The molecule has 0 radical (unpaired) electrons. The summed E-state index contributed by atoms with van der Waals surface area (Å²) in [6.07, 6.45) is 0.529. The van der Waals surface area contributed by atoms with Crippen molar-refractivity contribution in [1.82, 2.24) is 4.90 Å². The highest BCUT2D eigenvalue weighted by atomic mass is 79.9. The molecule has 0 saturated heterocycles. The normalized spacial score (nSPS) is 12.5. The Hall–Kier alpha value is -1.45. The average molecular weight is 390 g/mol. The van der Waals surface area contributed by atoms with Gasteiger partial charge in [-0.1, -0.05) is 74.5 Å². The van der Waals surface area contributed by atoms with Crippen molar-refractivity contribution >= 4 is 22.8 Å². The van der Waals surface area contributed by atoms with E-state index in [4.69, 9.17) is 0 Å². The molecular formula is C21H28BrNO. The maximum absolute atomic E-state index is 13.2. The van der Waals surface area contributed by atoms with E-state index in [2.05, 4.69) is 50.2 Å². The van der Waals surface area contributed by atoms with Crippen molar-refractivity contribution in [1.29, 1.82) is 0 Å². The Morgan fingerprint density at radius 3 is 1.71 bits per heavy atom. The molecule has 1 unspecified atom stereocenters. The molecular weight excluding hydrogens is 362 g/mol. The van der Waals surface area contributed by atoms with Crippen LogP contribution in [0.2, 0.25) is 0 Å². The monoisotopic (exact) mass is 389 g/mol. The lowest BCUT2D eigenvalue weighted by atomic mass is 9.63. The Bertz CT molecular complexity index is 585. The maximum Gasteiger partial charge on any atom is 0.147 e. The van der Waals surface area contributed by atoms with Crippen molar-refractivity contribution in [2.45, 2.75) is 25.7 Å². The molecule has 2 aromatic rings. The van der Waals surface area contributed by atoms with E-state index >= 15 is 0 Å². The summed E-state index contributed by atoms with van der Waals surface area (Å²) in [4.78, 5) is 15.4. The first-order valence-electron chi connectivity index (χ1n) is 8.32. The van der Waals surface area contributed by atoms with Gasteiger partial charge >= 0.3 is 0 Å². The molecule has 2 nitrogen and oxygen atoms in total. The van der Waals surface area contributed by atoms with Crippen LogP contribution in [0.15, 0.2) is 60.7 Å². The zero-order valence-electron chi connectivity index (χ0n) is 15.0. The molecule has 0 fully saturated rings. The van der Waals surface area contributed by atoms with Crippen molar-refractivity contribution in [3.63, 3.8) is 0 Å². The summed E-state index contributed by atoms with van der Waals surface area (Å²) in [5, 5.41) is 0. The van der Waals surface area contributed by atoms with Crippen LogP contribution in [0.25, 0.3) is 0 Å². The largest absolute Gasteiger partial charge is 0.309 e. The second-order valence-electron chi connectivity index (χ2n) is 6.48. The average Bonchev–Trinajstić information content (AvgIpc) is 2.56. The van der Waals surface area contributed by atoms with Crippen LogP contribution in [0.1, 0.15) is 31.4 Å². The number of benzene rings is 2. The molecule has 0 aromatic heterocycles. The molecule has 130 valence electrons. The summed E-state index contributed by atoms with van der Waals surface area (Å²) in [6, 6.07) is 20.5. The van der Waals surface area contributed by atoms with Crippen LogP contribution in [0.3, 0.4) is 0 Å². The fourth-order valence-electron chi connectivity index (χ4n) is 3.70. The van der Waals surface area contributed by atoms with Crippen molar-refractivity contribution in [2.24, 2.45) is 5.92 Å². The minimum absolute atomic E-state index is 0. The molecule has 1 atom stereocenters. The number of rotatable bonds is 7. The van der Waals surface area contributed by atoms with E-state index in [1.807, 2.05) is 43.3 Å². The van der Waals surface area contributed by atoms with E-state index < -0.39 is 5.41 Å². The summed E-state index contributed by atoms with van der Waals surface area (Å²) >= 11 is 0. The van der Waals surface area contributed by atoms with E-state index in [0.717, 1.165) is 17.7 Å². The Labute approximate surface area is 156 Å². The van der Waals surface area contributed by atoms with Crippen LogP contribution >= 0.6 is 17.0 Å². The predicted molar refractivity (Wildman–Crippen MR) is 107 cm³/mol. The van der Waals surface area contributed by atoms with Crippen molar-refractivity contribution < 1.29 is 4.79 Å². The van der Waals surface area contributed by atoms with Crippen LogP contribution in [0, 0.1) is 5.92 Å². The first-order valence-corrected chi connectivity index (χ1v) is 8.32. The molecule has 3 heteroatoms. The van der Waals surface area contributed by atoms with Crippen LogP contribution in [-0.4, -0.2) is 31.3 Å². The topological polar surface area (TPSA) is 20.3 Å². The van der Waals surface area contributed by atoms with Crippen LogP contribution in [0.5, 0.6) is 0 Å². The maximum atomic E-state index is 13.2. The highest BCUT2D eigenvalue weighted by Crippen LogP contribution is 2.41. The summed E-state index contributed by atoms with van der Waals surface area (Å²) in [5.74, 6) is 0.457. The van der Waals surface area contributed by atoms with Gasteiger partial charge in [0.25, 0.3) is 0 Å². The predicted octanol–water partition coefficient (Wildman–Crippen LogP) is 4.73. The zero-order valence-corrected chi connectivity index (χ0v) is 16.7. The van der Waals surface area contributed by atoms with Gasteiger partial charge in [0.15, 0.2) is 0 Å². The highest BCUT2D eigenvalue weighted by Gasteiger charge is 2.45. The number of hydrogen-bond acceptors (Lipinski definition) is 2. The molecule has 0 bridgehead atoms. The number of nitrogens with zero attached hydrogens (tertiary/aromatic N) is 1. The lowest BCUT2D eigenvalue weighted by molar-refractivity contribution is -0.124. The zero-order chi connectivity index (χ0) is 16.9. The lowest BCUT2D eigenvalue weighted by Crippen LogP contribution is -2.46. The molecule has 0 aliphatic heterocycles. The molecule has 0 spiro atoms. The molecule has 0 N–H and O–H groups in total. The third-order valence-electron chi connectivity index (χ3n) is 4.60. The third kappa shape index (κ3) is 3.96. The van der Waals surface area contributed by atoms with E-state index in [-0.39, 0.29) is 28.7 Å². The smallest absolute Gasteiger partial charge is 0.147 e. The Morgan fingerprint density at radius 2 is 1.38 bits per heavy atom. The number of carbonyl (C=O) groups excluding carboxylic acids is 1. The molecule has 2 aromatic carbocycles. The van der Waals surface area contributed by atoms with Crippen LogP contribution in [0.4, 0.5) is 0 Å². The number of ketones is 1. The quantitative estimate of drug-likeness (QED) is 0.682. The molecule has 0 amide bonds. The van der Waals surface area contributed by atoms with Crippen LogP contribution in [-0.2, 0) is 10.2 Å². The molecule has 0 saturated carbocycles. The summed E-state index contributed by atoms with van der Waals surface area (Å²) in [5.41, 5.74) is 1.58. The molecule has 0 aliphatic carbocycles. The first-order chi connectivity index (χ1) is 11.0. The third-order valence-corrected chi connectivity index (χ3v) is 4.60. The summed E-state index contributed by atoms with van der Waals surface area (Å²) < 4.78 is 0. The second-order valence-corrected chi connectivity index (χ2v) is 6.48. The summed E-state index contributed by atoms with van der Waals surface area (Å²) in [6.45, 7) is 5.01. The van der Waals surface area contributed by atoms with Gasteiger partial charge in [-0.15, -0.1) is 17.0 Å². The number of carbonyl (C=O) groups is 1. The van der Waals surface area contributed by atoms with Gasteiger partial charge in [-0.3, -0.25) is 4.79 Å². The minimum Gasteiger partial charge on any atom is -0.309 e. The van der Waals surface area contributed by atoms with Gasteiger partial charge in [-0.2, -0.15) is 0 Å². The SMILES string of the molecule is Br.CCC(=O)C(c1ccccc1)(c1ccccc1)C(C)CN(C)C. The van der Waals surface area contributed by atoms with E-state index in [1.165, 1.54) is 0 Å². The van der Waals surface area contributed by atoms with Gasteiger partial charge in [0.05, 0.1) is 5.41 Å². The highest BCUT2D eigenvalue weighted by molar-refractivity contribution is 8.93. The van der Waals surface area contributed by atoms with E-state index in [9.17, 15) is 4.79 Å². The molecule has 0 heterocycles. The van der Waals surface area contributed by atoms with Crippen molar-refractivity contribution in [2.75, 3.05) is 20.6 Å². The minimum atomic E-state index is -0.596. The number of hydrogen-bond donors (Lipinski definition) is 0. The Kier molecular flexibility index (Phi) is 7.85. The fraction of sp³-hybridized carbons (Fsp3) is 0.381. The Balaban J connectivity index is 0.00000288. The van der Waals surface area contributed by atoms with Gasteiger partial charge in [-0.25, -0.2) is 0 Å². The standard InChI is InChI=1S/C21H27NO.BrH/c1-5-20(23)21(17(2)16-22(3)4,18-12-8-6-9-13-18)19-14-10-7-11-15-19;/h6-15,17H,5,16H2,1-4H3;1H. The van der Waals surface area contributed by atoms with Crippen molar-refractivity contribution in [3.05, 3.63) is 71.8 Å². The first kappa shape index (κ1) is 20.6. The fourth-order valence-corrected chi connectivity index (χ4v) is 3.70. The van der Waals surface area contributed by atoms with E-state index in [0.29, 0.717) is 6.42 Å². The number of halogens is 1. The Morgan fingerprint density at radius 1 is 0.958 bits per heavy atom. The second kappa shape index (κ2) is 9.14.